The lowest BCUT2D eigenvalue weighted by atomic mass is 9.84. The van der Waals surface area contributed by atoms with E-state index in [-0.39, 0.29) is 0 Å². The molecule has 0 aliphatic heterocycles. The highest BCUT2D eigenvalue weighted by atomic mass is 19.4. The number of amides is 1. The van der Waals surface area contributed by atoms with Crippen LogP contribution in [0.25, 0.3) is 0 Å². The van der Waals surface area contributed by atoms with Crippen molar-refractivity contribution in [1.29, 1.82) is 0 Å². The largest absolute Gasteiger partial charge is 0.421 e. The molecule has 2 nitrogen and oxygen atoms in total. The van der Waals surface area contributed by atoms with Gasteiger partial charge in [0.2, 0.25) is 0 Å². The first-order valence-electron chi connectivity index (χ1n) is 3.19. The molecule has 0 aromatic rings. The average molecular weight is 263 g/mol. The van der Waals surface area contributed by atoms with E-state index in [9.17, 15) is 44.3 Å². The summed E-state index contributed by atoms with van der Waals surface area (Å²) in [5, 5.41) is 0. The maximum atomic E-state index is 11.9. The zero-order valence-electron chi connectivity index (χ0n) is 6.89. The van der Waals surface area contributed by atoms with Gasteiger partial charge in [-0.1, -0.05) is 0 Å². The SMILES string of the molecule is NC(=O)C(C(F)(F)F)(C(F)(F)F)C(F)(F)F. The molecule has 0 heterocycles. The average Bonchev–Trinajstić information content (AvgIpc) is 1.71. The van der Waals surface area contributed by atoms with Crippen LogP contribution in [0.3, 0.4) is 0 Å². The zero-order chi connectivity index (χ0) is 13.6. The van der Waals surface area contributed by atoms with Gasteiger partial charge in [0.25, 0.3) is 5.91 Å². The summed E-state index contributed by atoms with van der Waals surface area (Å²) in [6, 6.07) is 0. The molecule has 0 aliphatic carbocycles. The molecule has 0 atom stereocenters. The second-order valence-corrected chi connectivity index (χ2v) is 2.61. The maximum absolute atomic E-state index is 11.9. The minimum Gasteiger partial charge on any atom is -0.368 e. The summed E-state index contributed by atoms with van der Waals surface area (Å²) >= 11 is 0. The molecule has 0 aromatic carbocycles. The number of halogens is 9. The van der Waals surface area contributed by atoms with Gasteiger partial charge in [-0.15, -0.1) is 0 Å². The van der Waals surface area contributed by atoms with Gasteiger partial charge >= 0.3 is 23.9 Å². The molecule has 96 valence electrons. The molecule has 0 saturated carbocycles. The van der Waals surface area contributed by atoms with Crippen LogP contribution >= 0.6 is 0 Å². The Bertz CT molecular complexity index is 248. The topological polar surface area (TPSA) is 43.1 Å². The fraction of sp³-hybridized carbons (Fsp3) is 0.800. The monoisotopic (exact) mass is 263 g/mol. The molecule has 0 fully saturated rings. The molecule has 0 spiro atoms. The lowest BCUT2D eigenvalue weighted by Crippen LogP contribution is -2.66. The Hall–Kier alpha value is -1.16. The van der Waals surface area contributed by atoms with E-state index in [1.807, 2.05) is 0 Å². The van der Waals surface area contributed by atoms with E-state index in [0.717, 1.165) is 0 Å². The van der Waals surface area contributed by atoms with Crippen LogP contribution in [0.2, 0.25) is 0 Å². The van der Waals surface area contributed by atoms with Gasteiger partial charge in [-0.2, -0.15) is 39.5 Å². The fourth-order valence-corrected chi connectivity index (χ4v) is 0.901. The highest BCUT2D eigenvalue weighted by Gasteiger charge is 2.87. The number of hydrogen-bond acceptors (Lipinski definition) is 1. The highest BCUT2D eigenvalue weighted by molar-refractivity contribution is 5.83. The minimum absolute atomic E-state index is 3.57. The van der Waals surface area contributed by atoms with Gasteiger partial charge in [0, 0.05) is 0 Å². The quantitative estimate of drug-likeness (QED) is 0.723. The van der Waals surface area contributed by atoms with Crippen LogP contribution in [0.15, 0.2) is 0 Å². The summed E-state index contributed by atoms with van der Waals surface area (Å²) in [4.78, 5) is 10.0. The standard InChI is InChI=1S/C5H2F9NO/c6-3(7,8)2(1(15)16,4(9,10)11)5(12,13)14/h(H2,15,16). The van der Waals surface area contributed by atoms with Crippen LogP contribution in [0, 0.1) is 5.41 Å². The Morgan fingerprint density at radius 2 is 0.875 bits per heavy atom. The van der Waals surface area contributed by atoms with E-state index in [1.54, 1.807) is 0 Å². The number of carbonyl (C=O) groups excluding carboxylic acids is 1. The van der Waals surface area contributed by atoms with E-state index in [0.29, 0.717) is 0 Å². The lowest BCUT2D eigenvalue weighted by Gasteiger charge is -2.35. The van der Waals surface area contributed by atoms with Crippen molar-refractivity contribution in [2.75, 3.05) is 0 Å². The minimum atomic E-state index is -6.92. The van der Waals surface area contributed by atoms with Crippen LogP contribution in [0.4, 0.5) is 39.5 Å². The van der Waals surface area contributed by atoms with Gasteiger partial charge in [0.15, 0.2) is 0 Å². The van der Waals surface area contributed by atoms with E-state index in [2.05, 4.69) is 5.73 Å². The molecule has 11 heteroatoms. The van der Waals surface area contributed by atoms with Gasteiger partial charge in [-0.05, 0) is 0 Å². The van der Waals surface area contributed by atoms with Crippen LogP contribution in [0.5, 0.6) is 0 Å². The third-order valence-electron chi connectivity index (χ3n) is 1.65. The van der Waals surface area contributed by atoms with Crippen LogP contribution < -0.4 is 5.73 Å². The molecule has 0 unspecified atom stereocenters. The number of primary amides is 1. The first-order valence-corrected chi connectivity index (χ1v) is 3.19. The molecule has 1 amide bonds. The Morgan fingerprint density at radius 1 is 0.688 bits per heavy atom. The van der Waals surface area contributed by atoms with E-state index in [4.69, 9.17) is 0 Å². The van der Waals surface area contributed by atoms with Crippen molar-refractivity contribution in [3.8, 4) is 0 Å². The van der Waals surface area contributed by atoms with Crippen molar-refractivity contribution in [2.45, 2.75) is 18.5 Å². The number of carbonyl (C=O) groups is 1. The molecular weight excluding hydrogens is 261 g/mol. The number of nitrogens with two attached hydrogens (primary N) is 1. The number of hydrogen-bond donors (Lipinski definition) is 1. The summed E-state index contributed by atoms with van der Waals surface area (Å²) in [6.07, 6.45) is -20.8. The van der Waals surface area contributed by atoms with Gasteiger partial charge in [-0.25, -0.2) is 0 Å². The van der Waals surface area contributed by atoms with Crippen LogP contribution in [-0.4, -0.2) is 24.4 Å². The third kappa shape index (κ3) is 1.78. The fourth-order valence-electron chi connectivity index (χ4n) is 0.901. The molecule has 0 rings (SSSR count). The molecule has 0 saturated heterocycles. The van der Waals surface area contributed by atoms with Crippen molar-refractivity contribution in [3.63, 3.8) is 0 Å². The van der Waals surface area contributed by atoms with Crippen LogP contribution in [-0.2, 0) is 4.79 Å². The molecule has 0 aromatic heterocycles. The first-order chi connectivity index (χ1) is 6.69. The summed E-state index contributed by atoms with van der Waals surface area (Å²) in [5.41, 5.74) is -2.92. The van der Waals surface area contributed by atoms with Crippen molar-refractivity contribution >= 4 is 5.91 Å². The Kier molecular flexibility index (Phi) is 3.17. The molecule has 0 bridgehead atoms. The molecular formula is C5H2F9NO. The lowest BCUT2D eigenvalue weighted by molar-refractivity contribution is -0.406. The van der Waals surface area contributed by atoms with E-state index >= 15 is 0 Å². The molecule has 16 heavy (non-hydrogen) atoms. The van der Waals surface area contributed by atoms with E-state index < -0.39 is 29.9 Å². The smallest absolute Gasteiger partial charge is 0.368 e. The van der Waals surface area contributed by atoms with Crippen molar-refractivity contribution in [2.24, 2.45) is 11.1 Å². The predicted octanol–water partition coefficient (Wildman–Crippen LogP) is 2.15. The number of alkyl halides is 9. The third-order valence-corrected chi connectivity index (χ3v) is 1.65. The van der Waals surface area contributed by atoms with Gasteiger partial charge in [0.05, 0.1) is 0 Å². The Labute approximate surface area is 81.2 Å². The second-order valence-electron chi connectivity index (χ2n) is 2.61. The highest BCUT2D eigenvalue weighted by Crippen LogP contribution is 2.59. The summed E-state index contributed by atoms with van der Waals surface area (Å²) in [7, 11) is 0. The van der Waals surface area contributed by atoms with Crippen molar-refractivity contribution < 1.29 is 44.3 Å². The Morgan fingerprint density at radius 3 is 0.875 bits per heavy atom. The summed E-state index contributed by atoms with van der Waals surface area (Å²) in [6.45, 7) is 0. The maximum Gasteiger partial charge on any atom is 0.421 e. The zero-order valence-corrected chi connectivity index (χ0v) is 6.89. The normalized spacial score (nSPS) is 15.1. The summed E-state index contributed by atoms with van der Waals surface area (Å²) in [5.74, 6) is -3.57. The number of rotatable bonds is 1. The van der Waals surface area contributed by atoms with E-state index in [1.165, 1.54) is 0 Å². The second kappa shape index (κ2) is 3.42. The van der Waals surface area contributed by atoms with Gasteiger partial charge in [0.1, 0.15) is 0 Å². The molecule has 2 N–H and O–H groups in total. The summed E-state index contributed by atoms with van der Waals surface area (Å²) < 4.78 is 107. The first kappa shape index (κ1) is 14.8. The predicted molar refractivity (Wildman–Crippen MR) is 29.8 cm³/mol. The molecule has 0 radical (unpaired) electrons. The molecule has 0 aliphatic rings. The van der Waals surface area contributed by atoms with Crippen LogP contribution in [0.1, 0.15) is 0 Å². The Balaban J connectivity index is 6.17. The van der Waals surface area contributed by atoms with Crippen molar-refractivity contribution in [3.05, 3.63) is 0 Å². The van der Waals surface area contributed by atoms with Gasteiger partial charge in [-0.3, -0.25) is 4.79 Å². The van der Waals surface area contributed by atoms with Crippen molar-refractivity contribution in [1.82, 2.24) is 0 Å². The van der Waals surface area contributed by atoms with Gasteiger partial charge < -0.3 is 5.73 Å².